The zero-order valence-electron chi connectivity index (χ0n) is 17.2. The van der Waals surface area contributed by atoms with Gasteiger partial charge in [0.25, 0.3) is 0 Å². The molecular weight excluding hydrogens is 384 g/mol. The van der Waals surface area contributed by atoms with Crippen molar-refractivity contribution in [2.45, 2.75) is 38.5 Å². The van der Waals surface area contributed by atoms with E-state index in [0.29, 0.717) is 37.6 Å². The van der Waals surface area contributed by atoms with E-state index < -0.39 is 5.41 Å². The lowest BCUT2D eigenvalue weighted by Gasteiger charge is -2.39. The molecule has 0 radical (unpaired) electrons. The van der Waals surface area contributed by atoms with E-state index in [9.17, 15) is 9.59 Å². The Labute approximate surface area is 178 Å². The van der Waals surface area contributed by atoms with Crippen LogP contribution in [0.4, 0.5) is 0 Å². The first-order chi connectivity index (χ1) is 13.9. The molecule has 0 aromatic heterocycles. The minimum atomic E-state index is -0.619. The molecule has 5 heteroatoms. The molecule has 2 aromatic rings. The van der Waals surface area contributed by atoms with E-state index in [4.69, 9.17) is 11.6 Å². The number of halogens is 1. The van der Waals surface area contributed by atoms with Crippen LogP contribution < -0.4 is 0 Å². The molecule has 29 heavy (non-hydrogen) atoms. The number of carbonyl (C=O) groups excluding carboxylic acids is 2. The van der Waals surface area contributed by atoms with E-state index in [-0.39, 0.29) is 11.8 Å². The van der Waals surface area contributed by atoms with Crippen molar-refractivity contribution in [3.8, 4) is 0 Å². The quantitative estimate of drug-likeness (QED) is 0.709. The highest BCUT2D eigenvalue weighted by molar-refractivity contribution is 6.30. The van der Waals surface area contributed by atoms with E-state index in [2.05, 4.69) is 12.1 Å². The maximum atomic E-state index is 13.1. The SMILES string of the molecule is CC(C)(C(=O)N1CCN(C(=O)CCCc2ccccc2)CC1)c1ccc(Cl)cc1. The van der Waals surface area contributed by atoms with Gasteiger partial charge in [-0.3, -0.25) is 9.59 Å². The molecule has 4 nitrogen and oxygen atoms in total. The minimum absolute atomic E-state index is 0.0935. The normalized spacial score (nSPS) is 14.7. The number of carbonyl (C=O) groups is 2. The molecular formula is C24H29ClN2O2. The van der Waals surface area contributed by atoms with Crippen LogP contribution in [-0.2, 0) is 21.4 Å². The van der Waals surface area contributed by atoms with E-state index in [1.165, 1.54) is 5.56 Å². The molecule has 1 fully saturated rings. The van der Waals surface area contributed by atoms with Crippen molar-refractivity contribution >= 4 is 23.4 Å². The summed E-state index contributed by atoms with van der Waals surface area (Å²) in [6.45, 7) is 6.26. The van der Waals surface area contributed by atoms with E-state index in [0.717, 1.165) is 18.4 Å². The monoisotopic (exact) mass is 412 g/mol. The highest BCUT2D eigenvalue weighted by Crippen LogP contribution is 2.27. The van der Waals surface area contributed by atoms with Gasteiger partial charge in [0.2, 0.25) is 11.8 Å². The van der Waals surface area contributed by atoms with Gasteiger partial charge >= 0.3 is 0 Å². The molecule has 0 spiro atoms. The highest BCUT2D eigenvalue weighted by Gasteiger charge is 2.35. The average molecular weight is 413 g/mol. The Bertz CT molecular complexity index is 826. The predicted octanol–water partition coefficient (Wildman–Crippen LogP) is 4.31. The summed E-state index contributed by atoms with van der Waals surface area (Å²) in [4.78, 5) is 29.4. The van der Waals surface area contributed by atoms with Crippen LogP contribution in [0.25, 0.3) is 0 Å². The lowest BCUT2D eigenvalue weighted by atomic mass is 9.83. The number of amides is 2. The van der Waals surface area contributed by atoms with E-state index in [1.807, 2.05) is 66.1 Å². The third-order valence-corrected chi connectivity index (χ3v) is 5.97. The Morgan fingerprint density at radius 1 is 0.897 bits per heavy atom. The first kappa shape index (κ1) is 21.4. The third-order valence-electron chi connectivity index (χ3n) is 5.72. The van der Waals surface area contributed by atoms with Gasteiger partial charge in [-0.25, -0.2) is 0 Å². The van der Waals surface area contributed by atoms with Gasteiger partial charge in [0.05, 0.1) is 5.41 Å². The fourth-order valence-electron chi connectivity index (χ4n) is 3.79. The summed E-state index contributed by atoms with van der Waals surface area (Å²) in [6, 6.07) is 17.7. The number of nitrogens with zero attached hydrogens (tertiary/aromatic N) is 2. The maximum absolute atomic E-state index is 13.1. The third kappa shape index (κ3) is 5.39. The minimum Gasteiger partial charge on any atom is -0.339 e. The van der Waals surface area contributed by atoms with Gasteiger partial charge in [0.1, 0.15) is 0 Å². The van der Waals surface area contributed by atoms with E-state index in [1.54, 1.807) is 0 Å². The molecule has 0 saturated carbocycles. The molecule has 1 saturated heterocycles. The summed E-state index contributed by atoms with van der Waals surface area (Å²) in [5, 5.41) is 0.663. The van der Waals surface area contributed by atoms with Crippen molar-refractivity contribution in [3.05, 3.63) is 70.7 Å². The molecule has 0 N–H and O–H groups in total. The van der Waals surface area contributed by atoms with Crippen LogP contribution in [-0.4, -0.2) is 47.8 Å². The topological polar surface area (TPSA) is 40.6 Å². The number of benzene rings is 2. The fraction of sp³-hybridized carbons (Fsp3) is 0.417. The second-order valence-corrected chi connectivity index (χ2v) is 8.58. The van der Waals surface area contributed by atoms with Gasteiger partial charge in [-0.15, -0.1) is 0 Å². The lowest BCUT2D eigenvalue weighted by molar-refractivity contribution is -0.142. The fourth-order valence-corrected chi connectivity index (χ4v) is 3.92. The van der Waals surface area contributed by atoms with Crippen LogP contribution in [0.1, 0.15) is 37.8 Å². The van der Waals surface area contributed by atoms with Crippen molar-refractivity contribution in [2.24, 2.45) is 0 Å². The molecule has 1 aliphatic rings. The maximum Gasteiger partial charge on any atom is 0.232 e. The lowest BCUT2D eigenvalue weighted by Crippen LogP contribution is -2.54. The number of rotatable bonds is 6. The Balaban J connectivity index is 1.48. The molecule has 2 amide bonds. The first-order valence-corrected chi connectivity index (χ1v) is 10.6. The van der Waals surface area contributed by atoms with Crippen molar-refractivity contribution in [3.63, 3.8) is 0 Å². The summed E-state index contributed by atoms with van der Waals surface area (Å²) >= 11 is 5.97. The Kier molecular flexibility index (Phi) is 6.96. The second-order valence-electron chi connectivity index (χ2n) is 8.14. The average Bonchev–Trinajstić information content (AvgIpc) is 2.74. The van der Waals surface area contributed by atoms with Crippen LogP contribution >= 0.6 is 11.6 Å². The zero-order valence-corrected chi connectivity index (χ0v) is 18.0. The number of hydrogen-bond acceptors (Lipinski definition) is 2. The largest absolute Gasteiger partial charge is 0.339 e. The molecule has 0 unspecified atom stereocenters. The van der Waals surface area contributed by atoms with Gasteiger partial charge in [-0.2, -0.15) is 0 Å². The second kappa shape index (κ2) is 9.45. The standard InChI is InChI=1S/C24H29ClN2O2/c1-24(2,20-11-13-21(25)14-12-20)23(29)27-17-15-26(16-18-27)22(28)10-6-9-19-7-4-3-5-8-19/h3-5,7-8,11-14H,6,9-10,15-18H2,1-2H3. The number of piperazine rings is 1. The first-order valence-electron chi connectivity index (χ1n) is 10.2. The summed E-state index contributed by atoms with van der Waals surface area (Å²) < 4.78 is 0. The van der Waals surface area contributed by atoms with Gasteiger partial charge < -0.3 is 9.80 Å². The number of hydrogen-bond donors (Lipinski definition) is 0. The van der Waals surface area contributed by atoms with Gasteiger partial charge in [0.15, 0.2) is 0 Å². The molecule has 154 valence electrons. The molecule has 0 atom stereocenters. The summed E-state index contributed by atoms with van der Waals surface area (Å²) in [5.41, 5.74) is 1.60. The molecule has 1 aliphatic heterocycles. The van der Waals surface area contributed by atoms with Crippen molar-refractivity contribution in [1.29, 1.82) is 0 Å². The molecule has 3 rings (SSSR count). The van der Waals surface area contributed by atoms with E-state index >= 15 is 0 Å². The van der Waals surface area contributed by atoms with Crippen LogP contribution in [0.5, 0.6) is 0 Å². The molecule has 2 aromatic carbocycles. The van der Waals surface area contributed by atoms with Crippen LogP contribution in [0.2, 0.25) is 5.02 Å². The molecule has 0 bridgehead atoms. The van der Waals surface area contributed by atoms with Gasteiger partial charge in [0, 0.05) is 37.6 Å². The smallest absolute Gasteiger partial charge is 0.232 e. The summed E-state index contributed by atoms with van der Waals surface area (Å²) in [7, 11) is 0. The summed E-state index contributed by atoms with van der Waals surface area (Å²) in [5.74, 6) is 0.279. The van der Waals surface area contributed by atoms with Crippen LogP contribution in [0.15, 0.2) is 54.6 Å². The molecule has 1 heterocycles. The Morgan fingerprint density at radius 2 is 1.48 bits per heavy atom. The summed E-state index contributed by atoms with van der Waals surface area (Å²) in [6.07, 6.45) is 2.32. The van der Waals surface area contributed by atoms with Crippen molar-refractivity contribution in [2.75, 3.05) is 26.2 Å². The zero-order chi connectivity index (χ0) is 20.9. The predicted molar refractivity (Wildman–Crippen MR) is 117 cm³/mol. The van der Waals surface area contributed by atoms with Gasteiger partial charge in [-0.1, -0.05) is 54.1 Å². The van der Waals surface area contributed by atoms with Crippen molar-refractivity contribution < 1.29 is 9.59 Å². The van der Waals surface area contributed by atoms with Crippen molar-refractivity contribution in [1.82, 2.24) is 9.80 Å². The van der Waals surface area contributed by atoms with Crippen LogP contribution in [0, 0.1) is 0 Å². The number of aryl methyl sites for hydroxylation is 1. The highest BCUT2D eigenvalue weighted by atomic mass is 35.5. The molecule has 0 aliphatic carbocycles. The van der Waals surface area contributed by atoms with Crippen LogP contribution in [0.3, 0.4) is 0 Å². The Morgan fingerprint density at radius 3 is 2.10 bits per heavy atom. The Hall–Kier alpha value is -2.33. The van der Waals surface area contributed by atoms with Gasteiger partial charge in [-0.05, 0) is 49.9 Å².